The molecule has 0 aromatic carbocycles. The Morgan fingerprint density at radius 2 is 1.87 bits per heavy atom. The van der Waals surface area contributed by atoms with E-state index in [0.29, 0.717) is 6.42 Å². The Morgan fingerprint density at radius 1 is 1.27 bits per heavy atom. The maximum atomic E-state index is 11.5. The van der Waals surface area contributed by atoms with Crippen molar-refractivity contribution < 1.29 is 4.79 Å². The number of carbonyl (C=O) groups excluding carboxylic acids is 1. The number of nitrogens with one attached hydrogen (secondary N) is 1. The summed E-state index contributed by atoms with van der Waals surface area (Å²) in [4.78, 5) is 15.5. The number of hydrogen-bond donors (Lipinski definition) is 1. The van der Waals surface area contributed by atoms with Crippen LogP contribution in [0.25, 0.3) is 0 Å². The lowest BCUT2D eigenvalue weighted by molar-refractivity contribution is -0.119. The molecule has 1 aliphatic heterocycles. The van der Waals surface area contributed by atoms with Gasteiger partial charge in [0.25, 0.3) is 0 Å². The van der Waals surface area contributed by atoms with Crippen molar-refractivity contribution in [2.24, 2.45) is 0 Å². The maximum Gasteiger partial charge on any atom is 0.221 e. The molecule has 1 N–H and O–H groups in total. The summed E-state index contributed by atoms with van der Waals surface area (Å²) in [6, 6.07) is 3.98. The molecule has 1 aromatic rings. The number of rotatable bonds is 1. The van der Waals surface area contributed by atoms with Gasteiger partial charge in [-0.1, -0.05) is 6.92 Å². The Morgan fingerprint density at radius 3 is 2.33 bits per heavy atom. The Bertz CT molecular complexity index is 386. The largest absolute Gasteiger partial charge is 0.350 e. The summed E-state index contributed by atoms with van der Waals surface area (Å²) in [5, 5.41) is 3.02. The van der Waals surface area contributed by atoms with Crippen molar-refractivity contribution in [3.05, 3.63) is 30.1 Å². The topological polar surface area (TPSA) is 42.0 Å². The summed E-state index contributed by atoms with van der Waals surface area (Å²) in [5.74, 6) is 0.124. The van der Waals surface area contributed by atoms with Gasteiger partial charge in [0.1, 0.15) is 0 Å². The summed E-state index contributed by atoms with van der Waals surface area (Å²) >= 11 is 0. The van der Waals surface area contributed by atoms with Gasteiger partial charge in [-0.15, -0.1) is 0 Å². The molecule has 2 heterocycles. The monoisotopic (exact) mass is 204 g/mol. The predicted octanol–water partition coefficient (Wildman–Crippen LogP) is 1.64. The van der Waals surface area contributed by atoms with Crippen LogP contribution in [0.5, 0.6) is 0 Å². The minimum Gasteiger partial charge on any atom is -0.350 e. The highest BCUT2D eigenvalue weighted by Crippen LogP contribution is 2.42. The summed E-state index contributed by atoms with van der Waals surface area (Å²) in [7, 11) is 0. The van der Waals surface area contributed by atoms with Crippen molar-refractivity contribution in [1.29, 1.82) is 0 Å². The van der Waals surface area contributed by atoms with Crippen LogP contribution in [0.2, 0.25) is 0 Å². The first-order valence-electron chi connectivity index (χ1n) is 5.17. The van der Waals surface area contributed by atoms with Crippen LogP contribution in [-0.2, 0) is 10.2 Å². The van der Waals surface area contributed by atoms with Crippen LogP contribution in [-0.4, -0.2) is 16.4 Å². The average Bonchev–Trinajstić information content (AvgIpc) is 2.38. The highest BCUT2D eigenvalue weighted by Gasteiger charge is 2.50. The Labute approximate surface area is 89.9 Å². The molecule has 1 atom stereocenters. The number of nitrogens with zero attached hydrogens (tertiary/aromatic N) is 1. The minimum absolute atomic E-state index is 0.124. The van der Waals surface area contributed by atoms with Crippen LogP contribution in [0, 0.1) is 0 Å². The van der Waals surface area contributed by atoms with Crippen molar-refractivity contribution >= 4 is 5.91 Å². The van der Waals surface area contributed by atoms with Gasteiger partial charge in [0.15, 0.2) is 0 Å². The van der Waals surface area contributed by atoms with Crippen molar-refractivity contribution in [3.8, 4) is 0 Å². The Balaban J connectivity index is 2.47. The summed E-state index contributed by atoms with van der Waals surface area (Å²) in [6.07, 6.45) is 4.10. The summed E-state index contributed by atoms with van der Waals surface area (Å²) < 4.78 is 0. The molecule has 15 heavy (non-hydrogen) atoms. The highest BCUT2D eigenvalue weighted by atomic mass is 16.2. The third kappa shape index (κ3) is 1.42. The highest BCUT2D eigenvalue weighted by molar-refractivity contribution is 5.82. The van der Waals surface area contributed by atoms with Crippen molar-refractivity contribution in [3.63, 3.8) is 0 Å². The van der Waals surface area contributed by atoms with E-state index in [9.17, 15) is 4.79 Å². The molecule has 1 fully saturated rings. The smallest absolute Gasteiger partial charge is 0.221 e. The first-order valence-corrected chi connectivity index (χ1v) is 5.17. The number of amides is 1. The van der Waals surface area contributed by atoms with Crippen molar-refractivity contribution in [1.82, 2.24) is 10.3 Å². The zero-order chi connectivity index (χ0) is 11.1. The van der Waals surface area contributed by atoms with Crippen LogP contribution in [0.3, 0.4) is 0 Å². The molecular weight excluding hydrogens is 188 g/mol. The average molecular weight is 204 g/mol. The van der Waals surface area contributed by atoms with Crippen LogP contribution < -0.4 is 5.32 Å². The van der Waals surface area contributed by atoms with Gasteiger partial charge in [0.2, 0.25) is 5.91 Å². The van der Waals surface area contributed by atoms with Crippen molar-refractivity contribution in [2.75, 3.05) is 0 Å². The second kappa shape index (κ2) is 3.05. The fourth-order valence-corrected chi connectivity index (χ4v) is 2.26. The van der Waals surface area contributed by atoms with Crippen LogP contribution in [0.4, 0.5) is 0 Å². The van der Waals surface area contributed by atoms with Gasteiger partial charge in [0, 0.05) is 29.8 Å². The molecule has 0 bridgehead atoms. The van der Waals surface area contributed by atoms with E-state index < -0.39 is 0 Å². The molecule has 1 aromatic heterocycles. The quantitative estimate of drug-likeness (QED) is 0.755. The number of carbonyl (C=O) groups is 1. The standard InChI is InChI=1S/C12H16N2O/c1-11(2)12(3,8-10(15)14-11)9-4-6-13-7-5-9/h4-7H,8H2,1-3H3,(H,14,15). The van der Waals surface area contributed by atoms with Gasteiger partial charge in [-0.25, -0.2) is 0 Å². The van der Waals surface area contributed by atoms with Gasteiger partial charge in [-0.3, -0.25) is 9.78 Å². The molecular formula is C12H16N2O. The third-order valence-corrected chi connectivity index (χ3v) is 3.66. The number of pyridine rings is 1. The molecule has 0 spiro atoms. The molecule has 3 nitrogen and oxygen atoms in total. The molecule has 0 saturated carbocycles. The van der Waals surface area contributed by atoms with E-state index in [2.05, 4.69) is 31.1 Å². The van der Waals surface area contributed by atoms with E-state index in [4.69, 9.17) is 0 Å². The molecule has 3 heteroatoms. The van der Waals surface area contributed by atoms with E-state index in [0.717, 1.165) is 0 Å². The normalized spacial score (nSPS) is 28.9. The zero-order valence-corrected chi connectivity index (χ0v) is 9.37. The third-order valence-electron chi connectivity index (χ3n) is 3.66. The summed E-state index contributed by atoms with van der Waals surface area (Å²) in [6.45, 7) is 6.26. The van der Waals surface area contributed by atoms with Crippen molar-refractivity contribution in [2.45, 2.75) is 38.1 Å². The molecule has 80 valence electrons. The molecule has 0 aliphatic carbocycles. The molecule has 1 amide bonds. The van der Waals surface area contributed by atoms with Crippen LogP contribution in [0.1, 0.15) is 32.8 Å². The lowest BCUT2D eigenvalue weighted by Gasteiger charge is -2.37. The minimum atomic E-state index is -0.203. The second-order valence-electron chi connectivity index (χ2n) is 4.92. The fraction of sp³-hybridized carbons (Fsp3) is 0.500. The lowest BCUT2D eigenvalue weighted by atomic mass is 9.69. The lowest BCUT2D eigenvalue weighted by Crippen LogP contribution is -2.48. The Hall–Kier alpha value is -1.38. The van der Waals surface area contributed by atoms with Gasteiger partial charge < -0.3 is 5.32 Å². The first kappa shape index (κ1) is 10.1. The molecule has 2 rings (SSSR count). The van der Waals surface area contributed by atoms with Gasteiger partial charge in [-0.2, -0.15) is 0 Å². The maximum absolute atomic E-state index is 11.5. The first-order chi connectivity index (χ1) is 6.96. The van der Waals surface area contributed by atoms with E-state index in [-0.39, 0.29) is 16.9 Å². The van der Waals surface area contributed by atoms with E-state index in [1.54, 1.807) is 12.4 Å². The van der Waals surface area contributed by atoms with Crippen LogP contribution >= 0.6 is 0 Å². The number of aromatic nitrogens is 1. The predicted molar refractivity (Wildman–Crippen MR) is 58.4 cm³/mol. The van der Waals surface area contributed by atoms with Gasteiger partial charge in [-0.05, 0) is 31.5 Å². The second-order valence-corrected chi connectivity index (χ2v) is 4.92. The summed E-state index contributed by atoms with van der Waals surface area (Å²) in [5.41, 5.74) is 0.819. The van der Waals surface area contributed by atoms with Crippen LogP contribution in [0.15, 0.2) is 24.5 Å². The van der Waals surface area contributed by atoms with Gasteiger partial charge >= 0.3 is 0 Å². The SMILES string of the molecule is CC1(C)NC(=O)CC1(C)c1ccncc1. The Kier molecular flexibility index (Phi) is 2.07. The molecule has 0 radical (unpaired) electrons. The molecule has 1 aliphatic rings. The number of hydrogen-bond acceptors (Lipinski definition) is 2. The molecule has 1 unspecified atom stereocenters. The zero-order valence-electron chi connectivity index (χ0n) is 9.37. The van der Waals surface area contributed by atoms with E-state index >= 15 is 0 Å². The van der Waals surface area contributed by atoms with E-state index in [1.165, 1.54) is 5.56 Å². The van der Waals surface area contributed by atoms with Gasteiger partial charge in [0.05, 0.1) is 0 Å². The fourth-order valence-electron chi connectivity index (χ4n) is 2.26. The van der Waals surface area contributed by atoms with E-state index in [1.807, 2.05) is 12.1 Å². The molecule has 1 saturated heterocycles.